The highest BCUT2D eigenvalue weighted by atomic mass is 16.5. The van der Waals surface area contributed by atoms with Crippen LogP contribution in [0.4, 0.5) is 0 Å². The van der Waals surface area contributed by atoms with Gasteiger partial charge in [0.1, 0.15) is 0 Å². The van der Waals surface area contributed by atoms with E-state index in [2.05, 4.69) is 4.90 Å². The summed E-state index contributed by atoms with van der Waals surface area (Å²) in [6.45, 7) is 5.32. The van der Waals surface area contributed by atoms with Gasteiger partial charge in [0.25, 0.3) is 0 Å². The molecule has 0 bridgehead atoms. The molecule has 0 amide bonds. The number of likely N-dealkylation sites (tertiary alicyclic amines) is 1. The van der Waals surface area contributed by atoms with Gasteiger partial charge in [0, 0.05) is 17.7 Å². The molecule has 0 atom stereocenters. The van der Waals surface area contributed by atoms with Crippen LogP contribution in [0.25, 0.3) is 0 Å². The molecular formula is C21H23NO3. The van der Waals surface area contributed by atoms with Crippen LogP contribution in [0, 0.1) is 0 Å². The van der Waals surface area contributed by atoms with Gasteiger partial charge in [-0.2, -0.15) is 0 Å². The lowest BCUT2D eigenvalue weighted by Gasteiger charge is -2.14. The number of rotatable bonds is 6. The third-order valence-electron chi connectivity index (χ3n) is 4.46. The molecule has 1 heterocycles. The molecule has 25 heavy (non-hydrogen) atoms. The van der Waals surface area contributed by atoms with Crippen molar-refractivity contribution in [2.45, 2.75) is 26.3 Å². The van der Waals surface area contributed by atoms with Gasteiger partial charge in [-0.25, -0.2) is 4.79 Å². The van der Waals surface area contributed by atoms with E-state index in [-0.39, 0.29) is 5.78 Å². The molecule has 1 saturated heterocycles. The molecule has 0 radical (unpaired) electrons. The van der Waals surface area contributed by atoms with Gasteiger partial charge in [-0.05, 0) is 50.6 Å². The van der Waals surface area contributed by atoms with Crippen LogP contribution in [-0.4, -0.2) is 36.3 Å². The molecule has 0 N–H and O–H groups in total. The van der Waals surface area contributed by atoms with Crippen molar-refractivity contribution in [1.82, 2.24) is 4.90 Å². The first kappa shape index (κ1) is 17.4. The monoisotopic (exact) mass is 337 g/mol. The van der Waals surface area contributed by atoms with Crippen LogP contribution >= 0.6 is 0 Å². The molecule has 3 rings (SSSR count). The number of esters is 1. The molecule has 0 aliphatic carbocycles. The van der Waals surface area contributed by atoms with Gasteiger partial charge in [0.2, 0.25) is 0 Å². The van der Waals surface area contributed by atoms with E-state index in [1.807, 2.05) is 24.3 Å². The number of benzene rings is 2. The second kappa shape index (κ2) is 8.08. The summed E-state index contributed by atoms with van der Waals surface area (Å²) in [7, 11) is 0. The second-order valence-electron chi connectivity index (χ2n) is 6.31. The normalized spacial score (nSPS) is 14.4. The number of ether oxygens (including phenoxy) is 1. The Morgan fingerprint density at radius 2 is 1.64 bits per heavy atom. The zero-order valence-electron chi connectivity index (χ0n) is 14.5. The lowest BCUT2D eigenvalue weighted by molar-refractivity contribution is 0.0526. The van der Waals surface area contributed by atoms with Crippen LogP contribution in [0.3, 0.4) is 0 Å². The average molecular weight is 337 g/mol. The standard InChI is InChI=1S/C21H23NO3/c1-2-25-21(24)19-7-5-6-18(14-19)20(23)17-10-8-16(9-11-17)15-22-12-3-4-13-22/h5-11,14H,2-4,12-13,15H2,1H3. The molecule has 0 aromatic heterocycles. The van der Waals surface area contributed by atoms with Crippen molar-refractivity contribution in [1.29, 1.82) is 0 Å². The Hall–Kier alpha value is -2.46. The predicted octanol–water partition coefficient (Wildman–Crippen LogP) is 3.69. The first-order valence-corrected chi connectivity index (χ1v) is 8.80. The topological polar surface area (TPSA) is 46.6 Å². The highest BCUT2D eigenvalue weighted by Crippen LogP contribution is 2.16. The average Bonchev–Trinajstić information content (AvgIpc) is 3.15. The quantitative estimate of drug-likeness (QED) is 0.596. The Morgan fingerprint density at radius 1 is 0.960 bits per heavy atom. The first-order valence-electron chi connectivity index (χ1n) is 8.80. The number of ketones is 1. The Labute approximate surface area is 148 Å². The SMILES string of the molecule is CCOC(=O)c1cccc(C(=O)c2ccc(CN3CCCC3)cc2)c1. The van der Waals surface area contributed by atoms with Crippen LogP contribution in [0.2, 0.25) is 0 Å². The minimum Gasteiger partial charge on any atom is -0.462 e. The van der Waals surface area contributed by atoms with Crippen molar-refractivity contribution in [3.05, 3.63) is 70.8 Å². The van der Waals surface area contributed by atoms with Gasteiger partial charge in [0.05, 0.1) is 12.2 Å². The number of nitrogens with zero attached hydrogens (tertiary/aromatic N) is 1. The van der Waals surface area contributed by atoms with Crippen LogP contribution < -0.4 is 0 Å². The summed E-state index contributed by atoms with van der Waals surface area (Å²) in [4.78, 5) is 26.9. The molecule has 1 aliphatic rings. The predicted molar refractivity (Wildman–Crippen MR) is 96.8 cm³/mol. The molecule has 0 spiro atoms. The van der Waals surface area contributed by atoms with Gasteiger partial charge >= 0.3 is 5.97 Å². The summed E-state index contributed by atoms with van der Waals surface area (Å²) in [6.07, 6.45) is 2.54. The Balaban J connectivity index is 1.72. The Kier molecular flexibility index (Phi) is 5.61. The van der Waals surface area contributed by atoms with Gasteiger partial charge in [0.15, 0.2) is 5.78 Å². The molecular weight excluding hydrogens is 314 g/mol. The van der Waals surface area contributed by atoms with Crippen molar-refractivity contribution in [3.8, 4) is 0 Å². The van der Waals surface area contributed by atoms with Crippen LogP contribution in [0.15, 0.2) is 48.5 Å². The first-order chi connectivity index (χ1) is 12.2. The molecule has 0 unspecified atom stereocenters. The van der Waals surface area contributed by atoms with Crippen LogP contribution in [0.1, 0.15) is 51.6 Å². The summed E-state index contributed by atoms with van der Waals surface area (Å²) < 4.78 is 4.99. The highest BCUT2D eigenvalue weighted by molar-refractivity contribution is 6.10. The second-order valence-corrected chi connectivity index (χ2v) is 6.31. The number of carbonyl (C=O) groups excluding carboxylic acids is 2. The van der Waals surface area contributed by atoms with E-state index in [0.717, 1.165) is 19.6 Å². The maximum Gasteiger partial charge on any atom is 0.338 e. The third-order valence-corrected chi connectivity index (χ3v) is 4.46. The van der Waals surface area contributed by atoms with Crippen LogP contribution in [-0.2, 0) is 11.3 Å². The minimum absolute atomic E-state index is 0.0844. The van der Waals surface area contributed by atoms with E-state index in [1.165, 1.54) is 18.4 Å². The summed E-state index contributed by atoms with van der Waals surface area (Å²) in [5, 5.41) is 0. The van der Waals surface area contributed by atoms with Gasteiger partial charge in [-0.3, -0.25) is 9.69 Å². The summed E-state index contributed by atoms with van der Waals surface area (Å²) >= 11 is 0. The lowest BCUT2D eigenvalue weighted by atomic mass is 10.0. The highest BCUT2D eigenvalue weighted by Gasteiger charge is 2.14. The summed E-state index contributed by atoms with van der Waals surface area (Å²) in [6, 6.07) is 14.5. The van der Waals surface area contributed by atoms with Gasteiger partial charge in [-0.1, -0.05) is 36.4 Å². The summed E-state index contributed by atoms with van der Waals surface area (Å²) in [5.41, 5.74) is 2.75. The van der Waals surface area contributed by atoms with E-state index in [4.69, 9.17) is 4.74 Å². The minimum atomic E-state index is -0.405. The fraction of sp³-hybridized carbons (Fsp3) is 0.333. The smallest absolute Gasteiger partial charge is 0.338 e. The fourth-order valence-electron chi connectivity index (χ4n) is 3.13. The number of hydrogen-bond donors (Lipinski definition) is 0. The molecule has 1 aliphatic heterocycles. The zero-order chi connectivity index (χ0) is 17.6. The lowest BCUT2D eigenvalue weighted by Crippen LogP contribution is -2.18. The molecule has 2 aromatic carbocycles. The third kappa shape index (κ3) is 4.34. The molecule has 1 fully saturated rings. The molecule has 4 nitrogen and oxygen atoms in total. The van der Waals surface area contributed by atoms with Crippen molar-refractivity contribution in [2.75, 3.05) is 19.7 Å². The van der Waals surface area contributed by atoms with Crippen molar-refractivity contribution in [3.63, 3.8) is 0 Å². The largest absolute Gasteiger partial charge is 0.462 e. The number of carbonyl (C=O) groups is 2. The van der Waals surface area contributed by atoms with Crippen molar-refractivity contribution < 1.29 is 14.3 Å². The maximum absolute atomic E-state index is 12.7. The Morgan fingerprint density at radius 3 is 2.32 bits per heavy atom. The molecule has 0 saturated carbocycles. The van der Waals surface area contributed by atoms with E-state index >= 15 is 0 Å². The molecule has 130 valence electrons. The van der Waals surface area contributed by atoms with Crippen LogP contribution in [0.5, 0.6) is 0 Å². The van der Waals surface area contributed by atoms with Crippen molar-refractivity contribution >= 4 is 11.8 Å². The Bertz CT molecular complexity index is 746. The van der Waals surface area contributed by atoms with Gasteiger partial charge in [-0.15, -0.1) is 0 Å². The fourth-order valence-corrected chi connectivity index (χ4v) is 3.13. The zero-order valence-corrected chi connectivity index (χ0v) is 14.5. The maximum atomic E-state index is 12.7. The number of hydrogen-bond acceptors (Lipinski definition) is 4. The molecule has 4 heteroatoms. The molecule has 2 aromatic rings. The van der Waals surface area contributed by atoms with E-state index in [9.17, 15) is 9.59 Å². The van der Waals surface area contributed by atoms with Crippen molar-refractivity contribution in [2.24, 2.45) is 0 Å². The van der Waals surface area contributed by atoms with E-state index in [1.54, 1.807) is 31.2 Å². The van der Waals surface area contributed by atoms with Gasteiger partial charge < -0.3 is 4.74 Å². The summed E-state index contributed by atoms with van der Waals surface area (Å²) in [5.74, 6) is -0.489. The van der Waals surface area contributed by atoms with E-state index < -0.39 is 5.97 Å². The van der Waals surface area contributed by atoms with E-state index in [0.29, 0.717) is 23.3 Å².